The summed E-state index contributed by atoms with van der Waals surface area (Å²) in [7, 11) is 0. The van der Waals surface area contributed by atoms with Crippen molar-refractivity contribution in [2.75, 3.05) is 0 Å². The Kier molecular flexibility index (Phi) is 3.36. The van der Waals surface area contributed by atoms with Gasteiger partial charge in [-0.15, -0.1) is 11.3 Å². The molecular weight excluding hydrogens is 273 g/mol. The minimum atomic E-state index is -2.19. The molecule has 2 aromatic rings. The number of thiophene rings is 1. The van der Waals surface area contributed by atoms with Gasteiger partial charge >= 0.3 is 0 Å². The first-order chi connectivity index (χ1) is 8.45. The Bertz CT molecular complexity index is 553. The minimum absolute atomic E-state index is 0.304. The van der Waals surface area contributed by atoms with Crippen LogP contribution in [0.25, 0.3) is 0 Å². The first-order valence-corrected chi connectivity index (χ1v) is 5.63. The maximum absolute atomic E-state index is 13.4. The first kappa shape index (κ1) is 13.0. The van der Waals surface area contributed by atoms with E-state index in [0.717, 1.165) is 11.3 Å². The molecule has 1 unspecified atom stereocenters. The zero-order valence-electron chi connectivity index (χ0n) is 8.68. The molecule has 0 aliphatic carbocycles. The molecule has 0 amide bonds. The van der Waals surface area contributed by atoms with Gasteiger partial charge in [0.05, 0.1) is 11.6 Å². The Morgan fingerprint density at radius 3 is 1.83 bits per heavy atom. The van der Waals surface area contributed by atoms with E-state index >= 15 is 0 Å². The molecule has 0 fully saturated rings. The van der Waals surface area contributed by atoms with Gasteiger partial charge in [-0.1, -0.05) is 6.07 Å². The second-order valence-corrected chi connectivity index (χ2v) is 4.46. The first-order valence-electron chi connectivity index (χ1n) is 4.75. The van der Waals surface area contributed by atoms with E-state index in [9.17, 15) is 22.0 Å². The van der Waals surface area contributed by atoms with E-state index in [1.165, 1.54) is 6.07 Å². The Hall–Kier alpha value is -1.47. The van der Waals surface area contributed by atoms with E-state index in [1.54, 1.807) is 11.4 Å². The van der Waals surface area contributed by atoms with E-state index in [4.69, 9.17) is 5.73 Å². The molecule has 2 N–H and O–H groups in total. The molecule has 1 heterocycles. The van der Waals surface area contributed by atoms with Crippen molar-refractivity contribution >= 4 is 11.3 Å². The number of hydrogen-bond donors (Lipinski definition) is 1. The van der Waals surface area contributed by atoms with E-state index in [-0.39, 0.29) is 0 Å². The van der Waals surface area contributed by atoms with Gasteiger partial charge < -0.3 is 5.73 Å². The number of hydrogen-bond acceptors (Lipinski definition) is 2. The zero-order valence-corrected chi connectivity index (χ0v) is 9.50. The molecule has 0 saturated heterocycles. The van der Waals surface area contributed by atoms with Crippen molar-refractivity contribution in [3.63, 3.8) is 0 Å². The highest BCUT2D eigenvalue weighted by atomic mass is 32.1. The predicted molar refractivity (Wildman–Crippen MR) is 56.6 cm³/mol. The molecule has 2 rings (SSSR count). The van der Waals surface area contributed by atoms with E-state index in [2.05, 4.69) is 0 Å². The molecule has 96 valence electrons. The van der Waals surface area contributed by atoms with Crippen molar-refractivity contribution in [2.45, 2.75) is 6.04 Å². The van der Waals surface area contributed by atoms with Crippen molar-refractivity contribution in [1.82, 2.24) is 0 Å². The molecule has 1 aromatic carbocycles. The fourth-order valence-electron chi connectivity index (χ4n) is 1.51. The van der Waals surface area contributed by atoms with Crippen LogP contribution in [0, 0.1) is 29.1 Å². The summed E-state index contributed by atoms with van der Waals surface area (Å²) in [6.07, 6.45) is 0. The monoisotopic (exact) mass is 279 g/mol. The highest BCUT2D eigenvalue weighted by Crippen LogP contribution is 2.31. The van der Waals surface area contributed by atoms with Crippen LogP contribution in [-0.2, 0) is 0 Å². The molecule has 0 aliphatic heterocycles. The lowest BCUT2D eigenvalue weighted by Gasteiger charge is -2.13. The summed E-state index contributed by atoms with van der Waals surface area (Å²) < 4.78 is 65.7. The van der Waals surface area contributed by atoms with Crippen LogP contribution in [0.2, 0.25) is 0 Å². The van der Waals surface area contributed by atoms with Crippen LogP contribution in [0.1, 0.15) is 16.5 Å². The van der Waals surface area contributed by atoms with Crippen LogP contribution in [0.3, 0.4) is 0 Å². The fourth-order valence-corrected chi connectivity index (χ4v) is 2.24. The van der Waals surface area contributed by atoms with Gasteiger partial charge in [-0.05, 0) is 11.4 Å². The van der Waals surface area contributed by atoms with Gasteiger partial charge in [-0.2, -0.15) is 0 Å². The number of benzene rings is 1. The van der Waals surface area contributed by atoms with Crippen LogP contribution < -0.4 is 5.73 Å². The second-order valence-electron chi connectivity index (χ2n) is 3.48. The SMILES string of the molecule is NC(c1cccs1)c1c(F)c(F)c(F)c(F)c1F. The molecule has 1 atom stereocenters. The fraction of sp³-hybridized carbons (Fsp3) is 0.0909. The van der Waals surface area contributed by atoms with Crippen molar-refractivity contribution in [2.24, 2.45) is 5.73 Å². The third-order valence-electron chi connectivity index (χ3n) is 2.40. The molecule has 0 aliphatic rings. The Balaban J connectivity index is 2.65. The zero-order chi connectivity index (χ0) is 13.4. The molecule has 0 bridgehead atoms. The summed E-state index contributed by atoms with van der Waals surface area (Å²) in [5.41, 5.74) is 4.51. The van der Waals surface area contributed by atoms with Gasteiger partial charge in [-0.25, -0.2) is 22.0 Å². The van der Waals surface area contributed by atoms with Gasteiger partial charge in [0.2, 0.25) is 5.82 Å². The average molecular weight is 279 g/mol. The molecular formula is C11H6F5NS. The Labute approximate surface area is 103 Å². The third-order valence-corrected chi connectivity index (χ3v) is 3.36. The van der Waals surface area contributed by atoms with Crippen molar-refractivity contribution in [3.8, 4) is 0 Å². The number of halogens is 5. The van der Waals surface area contributed by atoms with Gasteiger partial charge in [0.1, 0.15) is 0 Å². The van der Waals surface area contributed by atoms with Crippen LogP contribution in [0.5, 0.6) is 0 Å². The standard InChI is InChI=1S/C11H6F5NS/c12-6-5(11(17)4-2-1-3-18-4)7(13)9(15)10(16)8(6)14/h1-3,11H,17H2. The lowest BCUT2D eigenvalue weighted by molar-refractivity contribution is 0.367. The topological polar surface area (TPSA) is 26.0 Å². The molecule has 0 saturated carbocycles. The molecule has 18 heavy (non-hydrogen) atoms. The summed E-state index contributed by atoms with van der Waals surface area (Å²) >= 11 is 1.06. The van der Waals surface area contributed by atoms with Crippen LogP contribution >= 0.6 is 11.3 Å². The molecule has 1 nitrogen and oxygen atoms in total. The lowest BCUT2D eigenvalue weighted by atomic mass is 10.0. The van der Waals surface area contributed by atoms with Crippen LogP contribution in [0.15, 0.2) is 17.5 Å². The smallest absolute Gasteiger partial charge is 0.200 e. The maximum Gasteiger partial charge on any atom is 0.200 e. The normalized spacial score (nSPS) is 12.8. The van der Waals surface area contributed by atoms with Gasteiger partial charge in [0, 0.05) is 4.88 Å². The predicted octanol–water partition coefficient (Wildman–Crippen LogP) is 3.49. The molecule has 1 aromatic heterocycles. The lowest BCUT2D eigenvalue weighted by Crippen LogP contribution is -2.18. The molecule has 7 heteroatoms. The highest BCUT2D eigenvalue weighted by Gasteiger charge is 2.29. The maximum atomic E-state index is 13.4. The van der Waals surface area contributed by atoms with Crippen molar-refractivity contribution in [1.29, 1.82) is 0 Å². The largest absolute Gasteiger partial charge is 0.319 e. The summed E-state index contributed by atoms with van der Waals surface area (Å²) in [6.45, 7) is 0. The summed E-state index contributed by atoms with van der Waals surface area (Å²) in [4.78, 5) is 0.304. The van der Waals surface area contributed by atoms with E-state index in [1.807, 2.05) is 0 Å². The van der Waals surface area contributed by atoms with Gasteiger partial charge in [-0.3, -0.25) is 0 Å². The van der Waals surface area contributed by atoms with E-state index in [0.29, 0.717) is 4.88 Å². The highest BCUT2D eigenvalue weighted by molar-refractivity contribution is 7.10. The third kappa shape index (κ3) is 1.89. The quantitative estimate of drug-likeness (QED) is 0.508. The Morgan fingerprint density at radius 1 is 0.889 bits per heavy atom. The van der Waals surface area contributed by atoms with Crippen LogP contribution in [-0.4, -0.2) is 0 Å². The van der Waals surface area contributed by atoms with E-state index < -0.39 is 40.7 Å². The summed E-state index contributed by atoms with van der Waals surface area (Å²) in [6, 6.07) is 1.62. The van der Waals surface area contributed by atoms with Crippen molar-refractivity contribution < 1.29 is 22.0 Å². The summed E-state index contributed by atoms with van der Waals surface area (Å²) in [5.74, 6) is -9.96. The second kappa shape index (κ2) is 4.66. The van der Waals surface area contributed by atoms with Crippen molar-refractivity contribution in [3.05, 3.63) is 57.0 Å². The summed E-state index contributed by atoms with van der Waals surface area (Å²) in [5, 5.41) is 1.58. The molecule has 0 spiro atoms. The van der Waals surface area contributed by atoms with Gasteiger partial charge in [0.25, 0.3) is 0 Å². The Morgan fingerprint density at radius 2 is 1.39 bits per heavy atom. The number of rotatable bonds is 2. The number of nitrogens with two attached hydrogens (primary N) is 1. The van der Waals surface area contributed by atoms with Crippen LogP contribution in [0.4, 0.5) is 22.0 Å². The minimum Gasteiger partial charge on any atom is -0.319 e. The average Bonchev–Trinajstić information content (AvgIpc) is 2.88. The van der Waals surface area contributed by atoms with Gasteiger partial charge in [0.15, 0.2) is 23.3 Å². The molecule has 0 radical (unpaired) electrons.